The summed E-state index contributed by atoms with van der Waals surface area (Å²) in [7, 11) is 0. The second-order valence-electron chi connectivity index (χ2n) is 5.07. The van der Waals surface area contributed by atoms with Gasteiger partial charge in [-0.3, -0.25) is 4.68 Å². The largest absolute Gasteiger partial charge is 0.493 e. The molecule has 1 atom stereocenters. The summed E-state index contributed by atoms with van der Waals surface area (Å²) in [6.45, 7) is 3.67. The third kappa shape index (κ3) is 2.80. The summed E-state index contributed by atoms with van der Waals surface area (Å²) in [4.78, 5) is 0. The number of hydrogen-bond donors (Lipinski definition) is 0. The molecular weight excluding hydrogens is 274 g/mol. The zero-order valence-electron chi connectivity index (χ0n) is 11.6. The van der Waals surface area contributed by atoms with E-state index in [1.807, 2.05) is 17.8 Å². The van der Waals surface area contributed by atoms with Crippen molar-refractivity contribution < 1.29 is 4.74 Å². The number of ether oxygens (including phenoxy) is 1. The standard InChI is InChI=1S/C15H18ClN3O/c1-2-13(16)14-10-19(18-17-14)7-5-11-3-4-15-12(9-11)6-8-20-15/h3-4,9-10,13H,2,5-8H2,1H3. The highest BCUT2D eigenvalue weighted by Gasteiger charge is 2.13. The summed E-state index contributed by atoms with van der Waals surface area (Å²) in [5, 5.41) is 8.21. The number of fused-ring (bicyclic) bond motifs is 1. The van der Waals surface area contributed by atoms with Gasteiger partial charge >= 0.3 is 0 Å². The van der Waals surface area contributed by atoms with Crippen molar-refractivity contribution in [1.29, 1.82) is 0 Å². The first-order valence-corrected chi connectivity index (χ1v) is 7.48. The molecule has 5 heteroatoms. The van der Waals surface area contributed by atoms with E-state index in [0.29, 0.717) is 0 Å². The average molecular weight is 292 g/mol. The van der Waals surface area contributed by atoms with Gasteiger partial charge in [-0.15, -0.1) is 16.7 Å². The molecule has 1 unspecified atom stereocenters. The first kappa shape index (κ1) is 13.4. The van der Waals surface area contributed by atoms with Crippen molar-refractivity contribution in [2.75, 3.05) is 6.61 Å². The molecule has 2 heterocycles. The van der Waals surface area contributed by atoms with Gasteiger partial charge in [-0.25, -0.2) is 0 Å². The summed E-state index contributed by atoms with van der Waals surface area (Å²) in [6.07, 6.45) is 4.76. The quantitative estimate of drug-likeness (QED) is 0.795. The van der Waals surface area contributed by atoms with Gasteiger partial charge in [0.1, 0.15) is 11.4 Å². The number of halogens is 1. The third-order valence-electron chi connectivity index (χ3n) is 3.62. The Morgan fingerprint density at radius 3 is 3.20 bits per heavy atom. The number of nitrogens with zero attached hydrogens (tertiary/aromatic N) is 3. The van der Waals surface area contributed by atoms with Crippen LogP contribution >= 0.6 is 11.6 Å². The number of aromatic nitrogens is 3. The zero-order valence-corrected chi connectivity index (χ0v) is 12.3. The summed E-state index contributed by atoms with van der Waals surface area (Å²) in [6, 6.07) is 6.42. The fraction of sp³-hybridized carbons (Fsp3) is 0.467. The predicted octanol–water partition coefficient (Wildman–Crippen LogP) is 3.15. The van der Waals surface area contributed by atoms with E-state index in [9.17, 15) is 0 Å². The van der Waals surface area contributed by atoms with E-state index in [1.165, 1.54) is 11.1 Å². The van der Waals surface area contributed by atoms with Gasteiger partial charge in [-0.2, -0.15) is 0 Å². The number of alkyl halides is 1. The Labute approximate surface area is 123 Å². The molecule has 1 aromatic heterocycles. The van der Waals surface area contributed by atoms with Gasteiger partial charge in [0, 0.05) is 19.2 Å². The van der Waals surface area contributed by atoms with Gasteiger partial charge in [0.05, 0.1) is 12.0 Å². The molecule has 3 rings (SSSR count). The SMILES string of the molecule is CCC(Cl)c1cn(CCc2ccc3c(c2)CCO3)nn1. The Kier molecular flexibility index (Phi) is 3.92. The number of hydrogen-bond acceptors (Lipinski definition) is 3. The van der Waals surface area contributed by atoms with Crippen molar-refractivity contribution in [2.45, 2.75) is 38.1 Å². The first-order chi connectivity index (χ1) is 9.76. The third-order valence-corrected chi connectivity index (χ3v) is 4.15. The maximum Gasteiger partial charge on any atom is 0.122 e. The van der Waals surface area contributed by atoms with Crippen molar-refractivity contribution in [3.63, 3.8) is 0 Å². The highest BCUT2D eigenvalue weighted by Crippen LogP contribution is 2.26. The molecule has 20 heavy (non-hydrogen) atoms. The molecule has 4 nitrogen and oxygen atoms in total. The lowest BCUT2D eigenvalue weighted by Crippen LogP contribution is -2.02. The average Bonchev–Trinajstić information content (AvgIpc) is 3.12. The summed E-state index contributed by atoms with van der Waals surface area (Å²) in [5.74, 6) is 1.03. The van der Waals surface area contributed by atoms with E-state index in [2.05, 4.69) is 28.5 Å². The van der Waals surface area contributed by atoms with Gasteiger partial charge in [0.25, 0.3) is 0 Å². The molecule has 0 saturated heterocycles. The van der Waals surface area contributed by atoms with Crippen LogP contribution in [-0.2, 0) is 19.4 Å². The second kappa shape index (κ2) is 5.83. The minimum absolute atomic E-state index is 0.0408. The van der Waals surface area contributed by atoms with Crippen LogP contribution in [0.3, 0.4) is 0 Å². The zero-order chi connectivity index (χ0) is 13.9. The van der Waals surface area contributed by atoms with Crippen LogP contribution in [0.5, 0.6) is 5.75 Å². The fourth-order valence-corrected chi connectivity index (χ4v) is 2.51. The Balaban J connectivity index is 1.63. The van der Waals surface area contributed by atoms with E-state index in [0.717, 1.165) is 43.9 Å². The minimum atomic E-state index is -0.0408. The van der Waals surface area contributed by atoms with E-state index in [-0.39, 0.29) is 5.38 Å². The number of aryl methyl sites for hydroxylation is 2. The molecule has 0 spiro atoms. The molecule has 0 bridgehead atoms. The Hall–Kier alpha value is -1.55. The molecule has 1 aliphatic heterocycles. The van der Waals surface area contributed by atoms with E-state index >= 15 is 0 Å². The molecule has 1 aromatic carbocycles. The number of benzene rings is 1. The Morgan fingerprint density at radius 1 is 1.45 bits per heavy atom. The summed E-state index contributed by atoms with van der Waals surface area (Å²) < 4.78 is 7.38. The van der Waals surface area contributed by atoms with Gasteiger partial charge in [0.15, 0.2) is 0 Å². The lowest BCUT2D eigenvalue weighted by atomic mass is 10.1. The van der Waals surface area contributed by atoms with E-state index < -0.39 is 0 Å². The first-order valence-electron chi connectivity index (χ1n) is 7.05. The maximum absolute atomic E-state index is 6.16. The maximum atomic E-state index is 6.16. The smallest absolute Gasteiger partial charge is 0.122 e. The van der Waals surface area contributed by atoms with Crippen LogP contribution < -0.4 is 4.74 Å². The van der Waals surface area contributed by atoms with Crippen LogP contribution in [0.4, 0.5) is 0 Å². The van der Waals surface area contributed by atoms with Crippen LogP contribution in [0, 0.1) is 0 Å². The summed E-state index contributed by atoms with van der Waals surface area (Å²) in [5.41, 5.74) is 3.48. The van der Waals surface area contributed by atoms with Gasteiger partial charge in [0.2, 0.25) is 0 Å². The normalized spacial score (nSPS) is 14.9. The van der Waals surface area contributed by atoms with Gasteiger partial charge < -0.3 is 4.74 Å². The molecule has 0 radical (unpaired) electrons. The number of rotatable bonds is 5. The van der Waals surface area contributed by atoms with Crippen molar-refractivity contribution in [3.8, 4) is 5.75 Å². The fourth-order valence-electron chi connectivity index (χ4n) is 2.41. The lowest BCUT2D eigenvalue weighted by molar-refractivity contribution is 0.357. The van der Waals surface area contributed by atoms with Gasteiger partial charge in [-0.1, -0.05) is 24.3 Å². The summed E-state index contributed by atoms with van der Waals surface area (Å²) >= 11 is 6.16. The lowest BCUT2D eigenvalue weighted by Gasteiger charge is -2.04. The van der Waals surface area contributed by atoms with Crippen molar-refractivity contribution in [2.24, 2.45) is 0 Å². The molecule has 0 N–H and O–H groups in total. The van der Waals surface area contributed by atoms with Gasteiger partial charge in [-0.05, 0) is 30.0 Å². The van der Waals surface area contributed by atoms with Crippen LogP contribution in [0.1, 0.15) is 35.5 Å². The molecule has 106 valence electrons. The molecule has 0 fully saturated rings. The van der Waals surface area contributed by atoms with Crippen molar-refractivity contribution >= 4 is 11.6 Å². The predicted molar refractivity (Wildman–Crippen MR) is 78.3 cm³/mol. The van der Waals surface area contributed by atoms with Crippen LogP contribution in [0.2, 0.25) is 0 Å². The minimum Gasteiger partial charge on any atom is -0.493 e. The molecule has 0 amide bonds. The molecule has 2 aromatic rings. The molecule has 0 saturated carbocycles. The monoisotopic (exact) mass is 291 g/mol. The highest BCUT2D eigenvalue weighted by molar-refractivity contribution is 6.20. The highest BCUT2D eigenvalue weighted by atomic mass is 35.5. The van der Waals surface area contributed by atoms with Crippen LogP contribution in [0.25, 0.3) is 0 Å². The molecule has 1 aliphatic rings. The van der Waals surface area contributed by atoms with Crippen LogP contribution in [-0.4, -0.2) is 21.6 Å². The van der Waals surface area contributed by atoms with Crippen molar-refractivity contribution in [1.82, 2.24) is 15.0 Å². The molecule has 0 aliphatic carbocycles. The Morgan fingerprint density at radius 2 is 2.35 bits per heavy atom. The Bertz CT molecular complexity index is 597. The van der Waals surface area contributed by atoms with E-state index in [1.54, 1.807) is 0 Å². The molecular formula is C15H18ClN3O. The van der Waals surface area contributed by atoms with Crippen LogP contribution in [0.15, 0.2) is 24.4 Å². The van der Waals surface area contributed by atoms with Crippen molar-refractivity contribution in [3.05, 3.63) is 41.2 Å². The topological polar surface area (TPSA) is 39.9 Å². The second-order valence-corrected chi connectivity index (χ2v) is 5.60. The van der Waals surface area contributed by atoms with E-state index in [4.69, 9.17) is 16.3 Å².